The minimum Gasteiger partial charge on any atom is -0.379 e. The zero-order valence-electron chi connectivity index (χ0n) is 15.2. The van der Waals surface area contributed by atoms with Gasteiger partial charge in [-0.15, -0.1) is 0 Å². The predicted molar refractivity (Wildman–Crippen MR) is 97.7 cm³/mol. The molecule has 7 nitrogen and oxygen atoms in total. The third-order valence-corrected chi connectivity index (χ3v) is 8.66. The maximum absolute atomic E-state index is 12.9. The lowest BCUT2D eigenvalue weighted by Gasteiger charge is -2.34. The smallest absolute Gasteiger partial charge is 0.243 e. The Balaban J connectivity index is 1.82. The molecule has 146 valence electrons. The van der Waals surface area contributed by atoms with E-state index in [9.17, 15) is 16.8 Å². The Kier molecular flexibility index (Phi) is 5.74. The van der Waals surface area contributed by atoms with Crippen molar-refractivity contribution in [2.75, 3.05) is 39.4 Å². The van der Waals surface area contributed by atoms with Crippen molar-refractivity contribution >= 4 is 20.0 Å². The van der Waals surface area contributed by atoms with Crippen LogP contribution in [-0.4, -0.2) is 64.8 Å². The molecule has 2 aliphatic rings. The highest BCUT2D eigenvalue weighted by Gasteiger charge is 2.32. The van der Waals surface area contributed by atoms with Gasteiger partial charge in [-0.1, -0.05) is 13.8 Å². The van der Waals surface area contributed by atoms with Crippen LogP contribution in [0.4, 0.5) is 0 Å². The molecule has 0 bridgehead atoms. The topological polar surface area (TPSA) is 84.0 Å². The van der Waals surface area contributed by atoms with E-state index in [0.29, 0.717) is 51.2 Å². The quantitative estimate of drug-likeness (QED) is 0.760. The van der Waals surface area contributed by atoms with Gasteiger partial charge >= 0.3 is 0 Å². The maximum Gasteiger partial charge on any atom is 0.243 e. The minimum absolute atomic E-state index is 0.110. The molecule has 0 aromatic heterocycles. The molecule has 2 heterocycles. The molecule has 2 fully saturated rings. The van der Waals surface area contributed by atoms with Gasteiger partial charge in [0.1, 0.15) is 0 Å². The van der Waals surface area contributed by atoms with Gasteiger partial charge in [0.15, 0.2) is 0 Å². The Morgan fingerprint density at radius 1 is 0.808 bits per heavy atom. The molecular weight excluding hydrogens is 376 g/mol. The number of hydrogen-bond acceptors (Lipinski definition) is 5. The second-order valence-corrected chi connectivity index (χ2v) is 11.1. The largest absolute Gasteiger partial charge is 0.379 e. The zero-order valence-corrected chi connectivity index (χ0v) is 16.8. The lowest BCUT2D eigenvalue weighted by molar-refractivity contribution is 0.0730. The summed E-state index contributed by atoms with van der Waals surface area (Å²) in [4.78, 5) is 0.249. The maximum atomic E-state index is 12.9. The first-order valence-electron chi connectivity index (χ1n) is 8.89. The van der Waals surface area contributed by atoms with Gasteiger partial charge in [0.05, 0.1) is 23.0 Å². The van der Waals surface area contributed by atoms with Crippen molar-refractivity contribution in [3.8, 4) is 0 Å². The molecule has 0 unspecified atom stereocenters. The zero-order chi connectivity index (χ0) is 18.9. The summed E-state index contributed by atoms with van der Waals surface area (Å²) in [6, 6.07) is 5.56. The molecule has 2 atom stereocenters. The molecule has 0 amide bonds. The molecule has 0 spiro atoms. The highest BCUT2D eigenvalue weighted by molar-refractivity contribution is 7.89. The van der Waals surface area contributed by atoms with E-state index in [4.69, 9.17) is 4.74 Å². The molecule has 0 aliphatic carbocycles. The standard InChI is InChI=1S/C17H26N2O5S2/c1-14-11-15(2)13-19(12-14)26(22,23)17-5-3-16(4-6-17)25(20,21)18-7-9-24-10-8-18/h3-6,14-15H,7-13H2,1-2H3/t14-,15-/m1/s1. The minimum atomic E-state index is -3.62. The summed E-state index contributed by atoms with van der Waals surface area (Å²) in [5, 5.41) is 0. The van der Waals surface area contributed by atoms with E-state index < -0.39 is 20.0 Å². The van der Waals surface area contributed by atoms with Crippen molar-refractivity contribution in [1.29, 1.82) is 0 Å². The van der Waals surface area contributed by atoms with Crippen LogP contribution in [0.5, 0.6) is 0 Å². The van der Waals surface area contributed by atoms with E-state index in [1.165, 1.54) is 32.9 Å². The van der Waals surface area contributed by atoms with Crippen LogP contribution in [0.1, 0.15) is 20.3 Å². The number of ether oxygens (including phenoxy) is 1. The van der Waals surface area contributed by atoms with Crippen LogP contribution in [0.25, 0.3) is 0 Å². The first kappa shape index (κ1) is 19.8. The van der Waals surface area contributed by atoms with Crippen LogP contribution >= 0.6 is 0 Å². The van der Waals surface area contributed by atoms with Gasteiger partial charge in [-0.2, -0.15) is 8.61 Å². The van der Waals surface area contributed by atoms with Crippen LogP contribution in [0.3, 0.4) is 0 Å². The van der Waals surface area contributed by atoms with Crippen LogP contribution in [0, 0.1) is 11.8 Å². The molecule has 2 saturated heterocycles. The number of morpholine rings is 1. The highest BCUT2D eigenvalue weighted by atomic mass is 32.2. The fraction of sp³-hybridized carbons (Fsp3) is 0.647. The van der Waals surface area contributed by atoms with E-state index in [2.05, 4.69) is 13.8 Å². The van der Waals surface area contributed by atoms with Gasteiger partial charge in [0.2, 0.25) is 20.0 Å². The molecule has 0 radical (unpaired) electrons. The number of hydrogen-bond donors (Lipinski definition) is 0. The summed E-state index contributed by atoms with van der Waals surface area (Å²) >= 11 is 0. The number of benzene rings is 1. The average Bonchev–Trinajstić information content (AvgIpc) is 2.62. The number of piperidine rings is 1. The Morgan fingerprint density at radius 2 is 1.23 bits per heavy atom. The van der Waals surface area contributed by atoms with Crippen molar-refractivity contribution in [3.63, 3.8) is 0 Å². The van der Waals surface area contributed by atoms with E-state index in [1.807, 2.05) is 0 Å². The molecule has 1 aromatic rings. The van der Waals surface area contributed by atoms with Crippen molar-refractivity contribution in [3.05, 3.63) is 24.3 Å². The first-order chi connectivity index (χ1) is 12.2. The molecular formula is C17H26N2O5S2. The Hall–Kier alpha value is -1.00. The van der Waals surface area contributed by atoms with Gasteiger partial charge in [-0.25, -0.2) is 16.8 Å². The van der Waals surface area contributed by atoms with Gasteiger partial charge in [0.25, 0.3) is 0 Å². The van der Waals surface area contributed by atoms with E-state index in [0.717, 1.165) is 6.42 Å². The molecule has 3 rings (SSSR count). The van der Waals surface area contributed by atoms with Crippen LogP contribution in [-0.2, 0) is 24.8 Å². The van der Waals surface area contributed by atoms with Gasteiger partial charge in [-0.05, 0) is 42.5 Å². The van der Waals surface area contributed by atoms with Gasteiger partial charge in [-0.3, -0.25) is 0 Å². The molecule has 9 heteroatoms. The second-order valence-electron chi connectivity index (χ2n) is 7.26. The van der Waals surface area contributed by atoms with Crippen molar-refractivity contribution in [2.45, 2.75) is 30.1 Å². The van der Waals surface area contributed by atoms with Crippen LogP contribution < -0.4 is 0 Å². The average molecular weight is 403 g/mol. The monoisotopic (exact) mass is 402 g/mol. The summed E-state index contributed by atoms with van der Waals surface area (Å²) < 4.78 is 59.1. The van der Waals surface area contributed by atoms with Gasteiger partial charge in [0, 0.05) is 26.2 Å². The SMILES string of the molecule is C[C@@H]1C[C@@H](C)CN(S(=O)(=O)c2ccc(S(=O)(=O)N3CCOCC3)cc2)C1. The molecule has 0 saturated carbocycles. The molecule has 2 aliphatic heterocycles. The Bertz CT molecular complexity index is 820. The summed E-state index contributed by atoms with van der Waals surface area (Å²) in [6.07, 6.45) is 1.02. The lowest BCUT2D eigenvalue weighted by atomic mass is 9.94. The van der Waals surface area contributed by atoms with E-state index in [-0.39, 0.29) is 9.79 Å². The molecule has 26 heavy (non-hydrogen) atoms. The normalized spacial score (nSPS) is 26.7. The predicted octanol–water partition coefficient (Wildman–Crippen LogP) is 1.37. The third-order valence-electron chi connectivity index (χ3n) is 4.90. The van der Waals surface area contributed by atoms with Crippen LogP contribution in [0.2, 0.25) is 0 Å². The van der Waals surface area contributed by atoms with E-state index >= 15 is 0 Å². The Labute approximate surface area is 156 Å². The summed E-state index contributed by atoms with van der Waals surface area (Å²) in [6.45, 7) is 6.47. The summed E-state index contributed by atoms with van der Waals surface area (Å²) in [5.41, 5.74) is 0. The number of nitrogens with zero attached hydrogens (tertiary/aromatic N) is 2. The van der Waals surface area contributed by atoms with E-state index in [1.54, 1.807) is 0 Å². The lowest BCUT2D eigenvalue weighted by Crippen LogP contribution is -2.42. The fourth-order valence-electron chi connectivity index (χ4n) is 3.67. The summed E-state index contributed by atoms with van der Waals surface area (Å²) in [5.74, 6) is 0.629. The van der Waals surface area contributed by atoms with Crippen molar-refractivity contribution in [1.82, 2.24) is 8.61 Å². The third kappa shape index (κ3) is 3.96. The molecule has 0 N–H and O–H groups in total. The van der Waals surface area contributed by atoms with Gasteiger partial charge < -0.3 is 4.74 Å². The van der Waals surface area contributed by atoms with Crippen molar-refractivity contribution in [2.24, 2.45) is 11.8 Å². The first-order valence-corrected chi connectivity index (χ1v) is 11.8. The molecule has 1 aromatic carbocycles. The second kappa shape index (κ2) is 7.55. The number of rotatable bonds is 4. The fourth-order valence-corrected chi connectivity index (χ4v) is 6.76. The Morgan fingerprint density at radius 3 is 1.69 bits per heavy atom. The highest BCUT2D eigenvalue weighted by Crippen LogP contribution is 2.27. The summed E-state index contributed by atoms with van der Waals surface area (Å²) in [7, 11) is -7.23. The van der Waals surface area contributed by atoms with Crippen LogP contribution in [0.15, 0.2) is 34.1 Å². The van der Waals surface area contributed by atoms with Crippen molar-refractivity contribution < 1.29 is 21.6 Å². The number of sulfonamides is 2.